The zero-order valence-corrected chi connectivity index (χ0v) is 10.3. The van der Waals surface area contributed by atoms with Gasteiger partial charge in [0, 0.05) is 12.1 Å². The Hall–Kier alpha value is -1.56. The van der Waals surface area contributed by atoms with Gasteiger partial charge in [-0.3, -0.25) is 0 Å². The summed E-state index contributed by atoms with van der Waals surface area (Å²) in [6.07, 6.45) is 3.35. The van der Waals surface area contributed by atoms with Crippen LogP contribution in [0, 0.1) is 17.1 Å². The van der Waals surface area contributed by atoms with Gasteiger partial charge in [0.15, 0.2) is 0 Å². The highest BCUT2D eigenvalue weighted by atomic mass is 19.1. The monoisotopic (exact) mass is 232 g/mol. The van der Waals surface area contributed by atoms with Crippen molar-refractivity contribution in [2.45, 2.75) is 45.2 Å². The molecule has 0 spiro atoms. The smallest absolute Gasteiger partial charge is 0.124 e. The van der Waals surface area contributed by atoms with E-state index in [4.69, 9.17) is 5.26 Å². The lowest BCUT2D eigenvalue weighted by Gasteiger charge is -2.31. The van der Waals surface area contributed by atoms with E-state index >= 15 is 0 Å². The molecule has 90 valence electrons. The molecule has 1 fully saturated rings. The number of hydrogen-bond acceptors (Lipinski definition) is 2. The third-order valence-corrected chi connectivity index (χ3v) is 3.61. The number of nitriles is 1. The second-order valence-electron chi connectivity index (χ2n) is 4.67. The molecule has 0 saturated carbocycles. The predicted octanol–water partition coefficient (Wildman–Crippen LogP) is 3.46. The lowest BCUT2D eigenvalue weighted by molar-refractivity contribution is 0.616. The van der Waals surface area contributed by atoms with E-state index in [9.17, 15) is 4.39 Å². The first-order chi connectivity index (χ1) is 8.17. The maximum atomic E-state index is 13.1. The molecule has 0 aromatic heterocycles. The molecule has 1 heterocycles. The van der Waals surface area contributed by atoms with Crippen LogP contribution in [-0.2, 0) is 0 Å². The third-order valence-electron chi connectivity index (χ3n) is 3.61. The molecule has 2 unspecified atom stereocenters. The Labute approximate surface area is 102 Å². The molecule has 0 amide bonds. The van der Waals surface area contributed by atoms with Gasteiger partial charge in [-0.15, -0.1) is 0 Å². The first-order valence-corrected chi connectivity index (χ1v) is 6.15. The number of anilines is 1. The van der Waals surface area contributed by atoms with Crippen molar-refractivity contribution in [3.05, 3.63) is 29.6 Å². The molecule has 2 atom stereocenters. The van der Waals surface area contributed by atoms with Crippen LogP contribution < -0.4 is 4.90 Å². The fourth-order valence-corrected chi connectivity index (χ4v) is 2.73. The lowest BCUT2D eigenvalue weighted by Crippen LogP contribution is -2.34. The van der Waals surface area contributed by atoms with Crippen LogP contribution in [-0.4, -0.2) is 12.1 Å². The lowest BCUT2D eigenvalue weighted by atomic mass is 10.1. The SMILES string of the molecule is CCC1CCC(C)N1c1ccc(F)cc1C#N. The van der Waals surface area contributed by atoms with Gasteiger partial charge in [-0.2, -0.15) is 5.26 Å². The van der Waals surface area contributed by atoms with Crippen LogP contribution in [0.4, 0.5) is 10.1 Å². The Bertz CT molecular complexity index is 450. The molecule has 1 aliphatic heterocycles. The van der Waals surface area contributed by atoms with Crippen molar-refractivity contribution in [1.29, 1.82) is 5.26 Å². The Morgan fingerprint density at radius 3 is 2.88 bits per heavy atom. The van der Waals surface area contributed by atoms with Crippen molar-refractivity contribution >= 4 is 5.69 Å². The number of hydrogen-bond donors (Lipinski definition) is 0. The zero-order valence-electron chi connectivity index (χ0n) is 10.3. The van der Waals surface area contributed by atoms with Gasteiger partial charge in [-0.1, -0.05) is 6.92 Å². The van der Waals surface area contributed by atoms with Crippen molar-refractivity contribution in [2.75, 3.05) is 4.90 Å². The van der Waals surface area contributed by atoms with Crippen LogP contribution in [0.5, 0.6) is 0 Å². The van der Waals surface area contributed by atoms with Gasteiger partial charge in [0.05, 0.1) is 11.3 Å². The minimum absolute atomic E-state index is 0.342. The highest BCUT2D eigenvalue weighted by Crippen LogP contribution is 2.34. The standard InChI is InChI=1S/C14H17FN2/c1-3-13-6-4-10(2)17(13)14-7-5-12(15)8-11(14)9-16/h5,7-8,10,13H,3-4,6H2,1-2H3. The minimum atomic E-state index is -0.342. The quantitative estimate of drug-likeness (QED) is 0.780. The van der Waals surface area contributed by atoms with Crippen LogP contribution in [0.3, 0.4) is 0 Å². The largest absolute Gasteiger partial charge is 0.365 e. The molecule has 2 rings (SSSR count). The summed E-state index contributed by atoms with van der Waals surface area (Å²) in [6.45, 7) is 4.32. The van der Waals surface area contributed by atoms with Gasteiger partial charge in [0.25, 0.3) is 0 Å². The summed E-state index contributed by atoms with van der Waals surface area (Å²) >= 11 is 0. The Kier molecular flexibility index (Phi) is 3.33. The van der Waals surface area contributed by atoms with Crippen LogP contribution in [0.15, 0.2) is 18.2 Å². The molecular formula is C14H17FN2. The van der Waals surface area contributed by atoms with E-state index in [1.165, 1.54) is 12.1 Å². The van der Waals surface area contributed by atoms with E-state index in [-0.39, 0.29) is 5.82 Å². The molecule has 3 heteroatoms. The van der Waals surface area contributed by atoms with Crippen LogP contribution in [0.1, 0.15) is 38.7 Å². The zero-order chi connectivity index (χ0) is 12.4. The van der Waals surface area contributed by atoms with E-state index < -0.39 is 0 Å². The third kappa shape index (κ3) is 2.12. The average Bonchev–Trinajstić information content (AvgIpc) is 2.70. The number of nitrogens with zero attached hydrogens (tertiary/aromatic N) is 2. The molecule has 1 aliphatic rings. The average molecular weight is 232 g/mol. The van der Waals surface area contributed by atoms with Crippen molar-refractivity contribution in [2.24, 2.45) is 0 Å². The highest BCUT2D eigenvalue weighted by Gasteiger charge is 2.30. The molecule has 1 saturated heterocycles. The summed E-state index contributed by atoms with van der Waals surface area (Å²) in [4.78, 5) is 2.28. The van der Waals surface area contributed by atoms with E-state index in [0.29, 0.717) is 17.6 Å². The fourth-order valence-electron chi connectivity index (χ4n) is 2.73. The number of rotatable bonds is 2. The van der Waals surface area contributed by atoms with Gasteiger partial charge in [0.1, 0.15) is 11.9 Å². The van der Waals surface area contributed by atoms with E-state index in [2.05, 4.69) is 24.8 Å². The van der Waals surface area contributed by atoms with Crippen LogP contribution in [0.2, 0.25) is 0 Å². The van der Waals surface area contributed by atoms with Gasteiger partial charge in [-0.05, 0) is 44.4 Å². The van der Waals surface area contributed by atoms with Gasteiger partial charge in [0.2, 0.25) is 0 Å². The first kappa shape index (κ1) is 11.9. The minimum Gasteiger partial charge on any atom is -0.365 e. The van der Waals surface area contributed by atoms with Gasteiger partial charge < -0.3 is 4.90 Å². The molecule has 0 bridgehead atoms. The summed E-state index contributed by atoms with van der Waals surface area (Å²) in [5.41, 5.74) is 1.32. The Balaban J connectivity index is 2.42. The van der Waals surface area contributed by atoms with E-state index in [0.717, 1.165) is 24.9 Å². The summed E-state index contributed by atoms with van der Waals surface area (Å²) in [6, 6.07) is 7.50. The predicted molar refractivity (Wildman–Crippen MR) is 66.4 cm³/mol. The van der Waals surface area contributed by atoms with Gasteiger partial charge >= 0.3 is 0 Å². The first-order valence-electron chi connectivity index (χ1n) is 6.15. The normalized spacial score (nSPS) is 23.8. The second kappa shape index (κ2) is 4.75. The maximum absolute atomic E-state index is 13.1. The summed E-state index contributed by atoms with van der Waals surface area (Å²) in [5.74, 6) is -0.342. The molecule has 2 nitrogen and oxygen atoms in total. The molecule has 17 heavy (non-hydrogen) atoms. The highest BCUT2D eigenvalue weighted by molar-refractivity contribution is 5.61. The second-order valence-corrected chi connectivity index (χ2v) is 4.67. The molecule has 0 aliphatic carbocycles. The van der Waals surface area contributed by atoms with E-state index in [1.54, 1.807) is 6.07 Å². The molecule has 1 aromatic rings. The summed E-state index contributed by atoms with van der Waals surface area (Å²) < 4.78 is 13.1. The summed E-state index contributed by atoms with van der Waals surface area (Å²) in [5, 5.41) is 9.11. The van der Waals surface area contributed by atoms with Gasteiger partial charge in [-0.25, -0.2) is 4.39 Å². The van der Waals surface area contributed by atoms with Crippen LogP contribution >= 0.6 is 0 Å². The van der Waals surface area contributed by atoms with E-state index in [1.807, 2.05) is 0 Å². The molecule has 0 radical (unpaired) electrons. The molecular weight excluding hydrogens is 215 g/mol. The maximum Gasteiger partial charge on any atom is 0.124 e. The fraction of sp³-hybridized carbons (Fsp3) is 0.500. The van der Waals surface area contributed by atoms with Crippen LogP contribution in [0.25, 0.3) is 0 Å². The number of benzene rings is 1. The van der Waals surface area contributed by atoms with Crippen molar-refractivity contribution < 1.29 is 4.39 Å². The number of halogens is 1. The molecule has 1 aromatic carbocycles. The van der Waals surface area contributed by atoms with Crippen molar-refractivity contribution in [1.82, 2.24) is 0 Å². The molecule has 0 N–H and O–H groups in total. The summed E-state index contributed by atoms with van der Waals surface area (Å²) in [7, 11) is 0. The van der Waals surface area contributed by atoms with Crippen molar-refractivity contribution in [3.63, 3.8) is 0 Å². The Morgan fingerprint density at radius 1 is 1.47 bits per heavy atom. The van der Waals surface area contributed by atoms with Crippen molar-refractivity contribution in [3.8, 4) is 6.07 Å². The topological polar surface area (TPSA) is 27.0 Å². The Morgan fingerprint density at radius 2 is 2.24 bits per heavy atom.